The molecule has 1 saturated carbocycles. The lowest BCUT2D eigenvalue weighted by Crippen LogP contribution is -2.26. The second-order valence-electron chi connectivity index (χ2n) is 10.5. The third kappa shape index (κ3) is 5.15. The van der Waals surface area contributed by atoms with E-state index < -0.39 is 0 Å². The SMILES string of the molecule is CN1CCC[C@H]1CCOc1ccc(-c2nc3c(OC4(C)CC4)ncnc3n2Cc2ccccc2)c(Cl)c1. The van der Waals surface area contributed by atoms with Crippen molar-refractivity contribution in [2.24, 2.45) is 0 Å². The Morgan fingerprint density at radius 2 is 1.95 bits per heavy atom. The van der Waals surface area contributed by atoms with Crippen molar-refractivity contribution in [3.05, 3.63) is 65.4 Å². The van der Waals surface area contributed by atoms with Crippen molar-refractivity contribution in [2.45, 2.75) is 57.2 Å². The van der Waals surface area contributed by atoms with E-state index in [2.05, 4.69) is 45.5 Å². The van der Waals surface area contributed by atoms with E-state index >= 15 is 0 Å². The Hall–Kier alpha value is -3.16. The van der Waals surface area contributed by atoms with Crippen LogP contribution in [0.25, 0.3) is 22.6 Å². The van der Waals surface area contributed by atoms with Gasteiger partial charge in [0.1, 0.15) is 23.5 Å². The van der Waals surface area contributed by atoms with Crippen molar-refractivity contribution in [3.8, 4) is 23.0 Å². The number of hydrogen-bond donors (Lipinski definition) is 0. The molecule has 3 heterocycles. The average Bonchev–Trinajstić information content (AvgIpc) is 3.30. The van der Waals surface area contributed by atoms with Crippen LogP contribution >= 0.6 is 11.6 Å². The second-order valence-corrected chi connectivity index (χ2v) is 10.9. The zero-order valence-electron chi connectivity index (χ0n) is 21.4. The van der Waals surface area contributed by atoms with Crippen molar-refractivity contribution in [2.75, 3.05) is 20.2 Å². The normalized spacial score (nSPS) is 18.8. The van der Waals surface area contributed by atoms with Gasteiger partial charge in [0.05, 0.1) is 18.2 Å². The maximum absolute atomic E-state index is 6.84. The molecule has 37 heavy (non-hydrogen) atoms. The summed E-state index contributed by atoms with van der Waals surface area (Å²) in [5, 5.41) is 0.588. The molecular weight excluding hydrogens is 486 g/mol. The first-order valence-corrected chi connectivity index (χ1v) is 13.4. The van der Waals surface area contributed by atoms with Gasteiger partial charge in [0.15, 0.2) is 11.2 Å². The molecule has 4 aromatic rings. The summed E-state index contributed by atoms with van der Waals surface area (Å²) in [4.78, 5) is 16.4. The summed E-state index contributed by atoms with van der Waals surface area (Å²) in [7, 11) is 2.19. The van der Waals surface area contributed by atoms with Crippen molar-refractivity contribution in [1.29, 1.82) is 0 Å². The number of rotatable bonds is 9. The van der Waals surface area contributed by atoms with Crippen molar-refractivity contribution >= 4 is 22.8 Å². The third-order valence-corrected chi connectivity index (χ3v) is 7.86. The molecule has 192 valence electrons. The molecule has 1 aliphatic carbocycles. The molecule has 0 bridgehead atoms. The lowest BCUT2D eigenvalue weighted by atomic mass is 10.1. The summed E-state index contributed by atoms with van der Waals surface area (Å²) >= 11 is 6.84. The van der Waals surface area contributed by atoms with Crippen LogP contribution in [0.2, 0.25) is 5.02 Å². The van der Waals surface area contributed by atoms with Crippen LogP contribution in [0, 0.1) is 0 Å². The highest BCUT2D eigenvalue weighted by Crippen LogP contribution is 2.41. The second kappa shape index (κ2) is 9.95. The Labute approximate surface area is 222 Å². The monoisotopic (exact) mass is 517 g/mol. The first-order valence-electron chi connectivity index (χ1n) is 13.1. The van der Waals surface area contributed by atoms with E-state index in [0.29, 0.717) is 35.6 Å². The van der Waals surface area contributed by atoms with Gasteiger partial charge in [-0.3, -0.25) is 0 Å². The number of ether oxygens (including phenoxy) is 2. The van der Waals surface area contributed by atoms with Gasteiger partial charge in [-0.2, -0.15) is 4.98 Å². The van der Waals surface area contributed by atoms with E-state index in [0.717, 1.165) is 47.6 Å². The minimum Gasteiger partial charge on any atom is -0.493 e. The van der Waals surface area contributed by atoms with Crippen molar-refractivity contribution in [3.63, 3.8) is 0 Å². The lowest BCUT2D eigenvalue weighted by molar-refractivity contribution is 0.194. The highest BCUT2D eigenvalue weighted by molar-refractivity contribution is 6.33. The minimum atomic E-state index is -0.172. The van der Waals surface area contributed by atoms with Gasteiger partial charge in [-0.1, -0.05) is 41.9 Å². The van der Waals surface area contributed by atoms with Gasteiger partial charge in [-0.15, -0.1) is 0 Å². The van der Waals surface area contributed by atoms with E-state index in [4.69, 9.17) is 26.1 Å². The summed E-state index contributed by atoms with van der Waals surface area (Å²) in [6.45, 7) is 4.55. The predicted molar refractivity (Wildman–Crippen MR) is 145 cm³/mol. The molecule has 0 radical (unpaired) electrons. The Bertz CT molecular complexity index is 1400. The maximum atomic E-state index is 6.84. The average molecular weight is 518 g/mol. The highest BCUT2D eigenvalue weighted by Gasteiger charge is 2.41. The molecule has 0 N–H and O–H groups in total. The van der Waals surface area contributed by atoms with Crippen LogP contribution < -0.4 is 9.47 Å². The van der Waals surface area contributed by atoms with Gasteiger partial charge in [0.25, 0.3) is 0 Å². The van der Waals surface area contributed by atoms with Crippen LogP contribution in [0.5, 0.6) is 11.6 Å². The molecule has 7 nitrogen and oxygen atoms in total. The number of benzene rings is 2. The lowest BCUT2D eigenvalue weighted by Gasteiger charge is -2.19. The van der Waals surface area contributed by atoms with E-state index in [9.17, 15) is 0 Å². The molecule has 2 aromatic heterocycles. The first-order chi connectivity index (χ1) is 18.0. The van der Waals surface area contributed by atoms with Gasteiger partial charge < -0.3 is 18.9 Å². The summed E-state index contributed by atoms with van der Waals surface area (Å²) in [5.74, 6) is 2.02. The predicted octanol–water partition coefficient (Wildman–Crippen LogP) is 5.99. The molecular formula is C29H32ClN5O2. The number of imidazole rings is 1. The van der Waals surface area contributed by atoms with Crippen LogP contribution in [0.15, 0.2) is 54.9 Å². The van der Waals surface area contributed by atoms with Gasteiger partial charge in [0, 0.05) is 11.6 Å². The summed E-state index contributed by atoms with van der Waals surface area (Å²) in [6.07, 6.45) is 7.10. The fourth-order valence-electron chi connectivity index (χ4n) is 5.05. The zero-order chi connectivity index (χ0) is 25.4. The number of likely N-dealkylation sites (tertiary alicyclic amines) is 1. The zero-order valence-corrected chi connectivity index (χ0v) is 22.1. The van der Waals surface area contributed by atoms with Gasteiger partial charge in [0.2, 0.25) is 5.88 Å². The van der Waals surface area contributed by atoms with Crippen LogP contribution in [-0.4, -0.2) is 56.3 Å². The number of hydrogen-bond acceptors (Lipinski definition) is 6. The molecule has 0 spiro atoms. The van der Waals surface area contributed by atoms with E-state index in [1.54, 1.807) is 6.33 Å². The van der Waals surface area contributed by atoms with Crippen LogP contribution in [0.3, 0.4) is 0 Å². The highest BCUT2D eigenvalue weighted by atomic mass is 35.5. The molecule has 0 amide bonds. The Morgan fingerprint density at radius 1 is 1.11 bits per heavy atom. The van der Waals surface area contributed by atoms with Crippen LogP contribution in [0.4, 0.5) is 0 Å². The number of aromatic nitrogens is 4. The molecule has 8 heteroatoms. The fraction of sp³-hybridized carbons (Fsp3) is 0.414. The Balaban J connectivity index is 1.32. The molecule has 2 aliphatic rings. The maximum Gasteiger partial charge on any atom is 0.245 e. The molecule has 1 saturated heterocycles. The summed E-state index contributed by atoms with van der Waals surface area (Å²) in [5.41, 5.74) is 3.17. The molecule has 1 atom stereocenters. The first kappa shape index (κ1) is 24.2. The number of nitrogens with zero attached hydrogens (tertiary/aromatic N) is 5. The minimum absolute atomic E-state index is 0.172. The third-order valence-electron chi connectivity index (χ3n) is 7.55. The number of fused-ring (bicyclic) bond motifs is 1. The Kier molecular flexibility index (Phi) is 6.51. The van der Waals surface area contributed by atoms with Gasteiger partial charge >= 0.3 is 0 Å². The van der Waals surface area contributed by atoms with Gasteiger partial charge in [-0.25, -0.2) is 9.97 Å². The van der Waals surface area contributed by atoms with E-state index in [-0.39, 0.29) is 5.60 Å². The van der Waals surface area contributed by atoms with Crippen LogP contribution in [0.1, 0.15) is 44.6 Å². The topological polar surface area (TPSA) is 65.3 Å². The molecule has 2 aromatic carbocycles. The molecule has 2 fully saturated rings. The van der Waals surface area contributed by atoms with Crippen molar-refractivity contribution in [1.82, 2.24) is 24.4 Å². The fourth-order valence-corrected chi connectivity index (χ4v) is 5.30. The number of halogens is 1. The molecule has 6 rings (SSSR count). The van der Waals surface area contributed by atoms with E-state index in [1.807, 2.05) is 36.4 Å². The summed E-state index contributed by atoms with van der Waals surface area (Å²) in [6, 6.07) is 16.7. The summed E-state index contributed by atoms with van der Waals surface area (Å²) < 4.78 is 14.4. The quantitative estimate of drug-likeness (QED) is 0.272. The van der Waals surface area contributed by atoms with Crippen molar-refractivity contribution < 1.29 is 9.47 Å². The molecule has 1 aliphatic heterocycles. The smallest absolute Gasteiger partial charge is 0.245 e. The van der Waals surface area contributed by atoms with Crippen LogP contribution in [-0.2, 0) is 6.54 Å². The van der Waals surface area contributed by atoms with E-state index in [1.165, 1.54) is 19.4 Å². The van der Waals surface area contributed by atoms with Gasteiger partial charge in [-0.05, 0) is 76.4 Å². The largest absolute Gasteiger partial charge is 0.493 e. The standard InChI is InChI=1S/C29H32ClN5O2/c1-29(13-14-29)37-28-25-27(31-19-32-28)35(18-20-7-4-3-5-8-20)26(33-25)23-11-10-22(17-24(23)30)36-16-12-21-9-6-15-34(21)2/h3-5,7-8,10-11,17,19,21H,6,9,12-16,18H2,1-2H3/t21-/m0/s1. The molecule has 0 unspecified atom stereocenters. The Morgan fingerprint density at radius 3 is 2.68 bits per heavy atom.